The molecule has 1 amide bonds. The zero-order chi connectivity index (χ0) is 14.5. The van der Waals surface area contributed by atoms with E-state index in [9.17, 15) is 9.90 Å². The molecule has 1 aromatic rings. The van der Waals surface area contributed by atoms with Crippen molar-refractivity contribution in [2.45, 2.75) is 26.0 Å². The Hall–Kier alpha value is -1.66. The topological polar surface area (TPSA) is 74.7 Å². The van der Waals surface area contributed by atoms with Crippen LogP contribution in [-0.2, 0) is 9.53 Å². The third kappa shape index (κ3) is 3.26. The Morgan fingerprint density at radius 2 is 2.50 bits per heavy atom. The van der Waals surface area contributed by atoms with Crippen LogP contribution in [0, 0.1) is 0 Å². The lowest BCUT2D eigenvalue weighted by Crippen LogP contribution is -2.54. The van der Waals surface area contributed by atoms with E-state index in [-0.39, 0.29) is 11.9 Å². The maximum atomic E-state index is 12.1. The second-order valence-electron chi connectivity index (χ2n) is 4.80. The number of aliphatic hydroxyl groups excluding tert-OH is 1. The second kappa shape index (κ2) is 6.67. The van der Waals surface area contributed by atoms with E-state index in [2.05, 4.69) is 10.3 Å². The van der Waals surface area contributed by atoms with E-state index >= 15 is 0 Å². The first-order valence-electron chi connectivity index (χ1n) is 6.89. The van der Waals surface area contributed by atoms with Crippen molar-refractivity contribution < 1.29 is 14.6 Å². The van der Waals surface area contributed by atoms with Crippen LogP contribution in [0.3, 0.4) is 0 Å². The molecule has 0 saturated carbocycles. The summed E-state index contributed by atoms with van der Waals surface area (Å²) in [5.41, 5.74) is 0.788. The van der Waals surface area contributed by atoms with Gasteiger partial charge >= 0.3 is 0 Å². The molecule has 1 unspecified atom stereocenters. The van der Waals surface area contributed by atoms with Crippen LogP contribution in [-0.4, -0.2) is 48.3 Å². The van der Waals surface area contributed by atoms with Crippen molar-refractivity contribution in [1.82, 2.24) is 10.3 Å². The van der Waals surface area contributed by atoms with Gasteiger partial charge in [0.15, 0.2) is 0 Å². The molecule has 1 aromatic heterocycles. The summed E-state index contributed by atoms with van der Waals surface area (Å²) < 4.78 is 5.40. The van der Waals surface area contributed by atoms with Gasteiger partial charge in [-0.1, -0.05) is 0 Å². The predicted octanol–water partition coefficient (Wildman–Crippen LogP) is 0.476. The minimum absolute atomic E-state index is 0.0588. The zero-order valence-electron chi connectivity index (χ0n) is 11.9. The molecule has 0 bridgehead atoms. The van der Waals surface area contributed by atoms with E-state index in [1.807, 2.05) is 17.9 Å². The Morgan fingerprint density at radius 3 is 3.20 bits per heavy atom. The predicted molar refractivity (Wildman–Crippen MR) is 75.5 cm³/mol. The lowest BCUT2D eigenvalue weighted by molar-refractivity contribution is -0.124. The number of ether oxygens (including phenoxy) is 1. The highest BCUT2D eigenvalue weighted by Gasteiger charge is 2.30. The number of aromatic nitrogens is 1. The van der Waals surface area contributed by atoms with Gasteiger partial charge in [-0.15, -0.1) is 0 Å². The Kier molecular flexibility index (Phi) is 4.92. The lowest BCUT2D eigenvalue weighted by Gasteiger charge is -2.35. The van der Waals surface area contributed by atoms with Gasteiger partial charge in [-0.05, 0) is 31.5 Å². The molecule has 1 fully saturated rings. The van der Waals surface area contributed by atoms with Gasteiger partial charge < -0.3 is 20.1 Å². The Bertz CT molecular complexity index is 465. The molecule has 2 atom stereocenters. The average Bonchev–Trinajstić information content (AvgIpc) is 2.47. The number of anilines is 1. The van der Waals surface area contributed by atoms with E-state index in [1.54, 1.807) is 19.2 Å². The molecule has 0 aliphatic carbocycles. The first-order valence-corrected chi connectivity index (χ1v) is 6.89. The molecule has 20 heavy (non-hydrogen) atoms. The maximum absolute atomic E-state index is 12.1. The number of likely N-dealkylation sites (N-methyl/N-ethyl adjacent to an activating group) is 1. The molecule has 6 nitrogen and oxygen atoms in total. The number of morpholine rings is 1. The number of nitrogens with one attached hydrogen (secondary N) is 1. The smallest absolute Gasteiger partial charge is 0.245 e. The van der Waals surface area contributed by atoms with Gasteiger partial charge in [0.2, 0.25) is 5.91 Å². The third-order valence-electron chi connectivity index (χ3n) is 3.33. The molecule has 0 aromatic carbocycles. The number of hydrogen-bond donors (Lipinski definition) is 2. The highest BCUT2D eigenvalue weighted by Crippen LogP contribution is 2.21. The SMILES string of the molecule is CCNC(=O)C1COCCN1c1cc([C@@H](C)O)ccn1. The first-order chi connectivity index (χ1) is 9.63. The molecule has 1 saturated heterocycles. The zero-order valence-corrected chi connectivity index (χ0v) is 11.9. The normalized spacial score (nSPS) is 20.6. The number of aliphatic hydroxyl groups is 1. The minimum atomic E-state index is -0.555. The van der Waals surface area contributed by atoms with Gasteiger partial charge in [-0.25, -0.2) is 4.98 Å². The van der Waals surface area contributed by atoms with Crippen LogP contribution >= 0.6 is 0 Å². The van der Waals surface area contributed by atoms with Crippen molar-refractivity contribution >= 4 is 11.7 Å². The minimum Gasteiger partial charge on any atom is -0.389 e. The molecule has 0 radical (unpaired) electrons. The number of hydrogen-bond acceptors (Lipinski definition) is 5. The van der Waals surface area contributed by atoms with Crippen molar-refractivity contribution in [1.29, 1.82) is 0 Å². The van der Waals surface area contributed by atoms with Crippen LogP contribution in [0.2, 0.25) is 0 Å². The van der Waals surface area contributed by atoms with Gasteiger partial charge in [0, 0.05) is 19.3 Å². The van der Waals surface area contributed by atoms with Crippen molar-refractivity contribution in [3.05, 3.63) is 23.9 Å². The highest BCUT2D eigenvalue weighted by atomic mass is 16.5. The van der Waals surface area contributed by atoms with Gasteiger partial charge in [0.05, 0.1) is 19.3 Å². The largest absolute Gasteiger partial charge is 0.389 e. The summed E-state index contributed by atoms with van der Waals surface area (Å²) in [6.07, 6.45) is 1.10. The Morgan fingerprint density at radius 1 is 1.70 bits per heavy atom. The quantitative estimate of drug-likeness (QED) is 0.838. The average molecular weight is 279 g/mol. The van der Waals surface area contributed by atoms with Crippen LogP contribution in [0.1, 0.15) is 25.5 Å². The summed E-state index contributed by atoms with van der Waals surface area (Å²) in [4.78, 5) is 18.3. The van der Waals surface area contributed by atoms with E-state index in [4.69, 9.17) is 4.74 Å². The fraction of sp³-hybridized carbons (Fsp3) is 0.571. The van der Waals surface area contributed by atoms with E-state index in [1.165, 1.54) is 0 Å². The van der Waals surface area contributed by atoms with Crippen molar-refractivity contribution in [2.75, 3.05) is 31.2 Å². The number of pyridine rings is 1. The molecule has 6 heteroatoms. The van der Waals surface area contributed by atoms with E-state index < -0.39 is 6.10 Å². The fourth-order valence-corrected chi connectivity index (χ4v) is 2.24. The molecule has 1 aliphatic rings. The number of amides is 1. The molecule has 0 spiro atoms. The first kappa shape index (κ1) is 14.7. The maximum Gasteiger partial charge on any atom is 0.245 e. The van der Waals surface area contributed by atoms with Crippen molar-refractivity contribution in [3.63, 3.8) is 0 Å². The van der Waals surface area contributed by atoms with Crippen LogP contribution in [0.5, 0.6) is 0 Å². The molecule has 2 rings (SSSR count). The Labute approximate surface area is 118 Å². The highest BCUT2D eigenvalue weighted by molar-refractivity contribution is 5.85. The summed E-state index contributed by atoms with van der Waals surface area (Å²) in [7, 11) is 0. The summed E-state index contributed by atoms with van der Waals surface area (Å²) in [6, 6.07) is 3.22. The molecular formula is C14H21N3O3. The molecule has 2 N–H and O–H groups in total. The summed E-state index contributed by atoms with van der Waals surface area (Å²) in [6.45, 7) is 5.71. The molecule has 2 heterocycles. The van der Waals surface area contributed by atoms with Gasteiger partial charge in [-0.3, -0.25) is 4.79 Å². The number of rotatable bonds is 4. The van der Waals surface area contributed by atoms with Crippen LogP contribution in [0.15, 0.2) is 18.3 Å². The van der Waals surface area contributed by atoms with Crippen LogP contribution < -0.4 is 10.2 Å². The summed E-state index contributed by atoms with van der Waals surface area (Å²) >= 11 is 0. The molecule has 1 aliphatic heterocycles. The number of carbonyl (C=O) groups excluding carboxylic acids is 1. The van der Waals surface area contributed by atoms with E-state index in [0.717, 1.165) is 5.56 Å². The van der Waals surface area contributed by atoms with E-state index in [0.29, 0.717) is 32.1 Å². The fourth-order valence-electron chi connectivity index (χ4n) is 2.24. The van der Waals surface area contributed by atoms with Crippen molar-refractivity contribution in [3.8, 4) is 0 Å². The van der Waals surface area contributed by atoms with Gasteiger partial charge in [0.1, 0.15) is 11.9 Å². The van der Waals surface area contributed by atoms with Crippen LogP contribution in [0.25, 0.3) is 0 Å². The Balaban J connectivity index is 2.23. The third-order valence-corrected chi connectivity index (χ3v) is 3.33. The van der Waals surface area contributed by atoms with Gasteiger partial charge in [-0.2, -0.15) is 0 Å². The lowest BCUT2D eigenvalue weighted by atomic mass is 10.1. The second-order valence-corrected chi connectivity index (χ2v) is 4.80. The number of carbonyl (C=O) groups is 1. The van der Waals surface area contributed by atoms with Crippen LogP contribution in [0.4, 0.5) is 5.82 Å². The number of nitrogens with zero attached hydrogens (tertiary/aromatic N) is 2. The van der Waals surface area contributed by atoms with Gasteiger partial charge in [0.25, 0.3) is 0 Å². The molecular weight excluding hydrogens is 258 g/mol. The molecule has 110 valence electrons. The monoisotopic (exact) mass is 279 g/mol. The summed E-state index contributed by atoms with van der Waals surface area (Å²) in [5.74, 6) is 0.638. The van der Waals surface area contributed by atoms with Crippen molar-refractivity contribution in [2.24, 2.45) is 0 Å². The summed E-state index contributed by atoms with van der Waals surface area (Å²) in [5, 5.41) is 12.5. The standard InChI is InChI=1S/C14H21N3O3/c1-3-15-14(19)12-9-20-7-6-17(12)13-8-11(10(2)18)4-5-16-13/h4-5,8,10,12,18H,3,6-7,9H2,1-2H3,(H,15,19)/t10-,12?/m1/s1.